The van der Waals surface area contributed by atoms with E-state index in [4.69, 9.17) is 4.74 Å². The minimum atomic E-state index is -3.80. The number of hydrogen-bond donors (Lipinski definition) is 0. The van der Waals surface area contributed by atoms with Crippen LogP contribution in [0.5, 0.6) is 5.75 Å². The number of para-hydroxylation sites is 1. The highest BCUT2D eigenvalue weighted by atomic mass is 32.2. The molecule has 0 spiro atoms. The van der Waals surface area contributed by atoms with Gasteiger partial charge in [-0.25, -0.2) is 8.42 Å². The van der Waals surface area contributed by atoms with Crippen LogP contribution < -0.4 is 9.04 Å². The first-order valence-electron chi connectivity index (χ1n) is 9.35. The molecule has 0 heterocycles. The van der Waals surface area contributed by atoms with Gasteiger partial charge in [0.05, 0.1) is 17.7 Å². The Morgan fingerprint density at radius 1 is 0.900 bits per heavy atom. The Balaban J connectivity index is 1.82. The number of carbonyl (C=O) groups is 1. The zero-order valence-corrected chi connectivity index (χ0v) is 18.0. The Morgan fingerprint density at radius 2 is 1.60 bits per heavy atom. The van der Waals surface area contributed by atoms with E-state index in [0.717, 1.165) is 5.56 Å². The van der Waals surface area contributed by atoms with E-state index in [1.165, 1.54) is 23.5 Å². The summed E-state index contributed by atoms with van der Waals surface area (Å²) in [6, 6.07) is 22.4. The van der Waals surface area contributed by atoms with E-state index >= 15 is 0 Å². The second-order valence-corrected chi connectivity index (χ2v) is 8.82. The SMILES string of the molecule is COc1cccc(CN(C)C(=O)c2cccc(S(=O)(=O)N(C)c3ccccc3)c2)c1. The predicted octanol–water partition coefficient (Wildman–Crippen LogP) is 3.79. The van der Waals surface area contributed by atoms with E-state index in [-0.39, 0.29) is 10.8 Å². The second-order valence-electron chi connectivity index (χ2n) is 6.85. The van der Waals surface area contributed by atoms with Crippen molar-refractivity contribution in [3.63, 3.8) is 0 Å². The standard InChI is InChI=1S/C23H24N2O4S/c1-24(17-18-9-7-13-21(15-18)29-3)23(26)19-10-8-14-22(16-19)30(27,28)25(2)20-11-5-4-6-12-20/h4-16H,17H2,1-3H3. The first kappa shape index (κ1) is 21.4. The smallest absolute Gasteiger partial charge is 0.264 e. The normalized spacial score (nSPS) is 11.0. The van der Waals surface area contributed by atoms with Crippen LogP contribution in [0.1, 0.15) is 15.9 Å². The molecule has 7 heteroatoms. The molecule has 0 aliphatic rings. The van der Waals surface area contributed by atoms with Crippen molar-refractivity contribution >= 4 is 21.6 Å². The monoisotopic (exact) mass is 424 g/mol. The summed E-state index contributed by atoms with van der Waals surface area (Å²) in [5.41, 5.74) is 1.77. The number of methoxy groups -OCH3 is 1. The van der Waals surface area contributed by atoms with Crippen LogP contribution in [0, 0.1) is 0 Å². The maximum Gasteiger partial charge on any atom is 0.264 e. The summed E-state index contributed by atoms with van der Waals surface area (Å²) in [4.78, 5) is 14.5. The molecule has 0 atom stereocenters. The first-order chi connectivity index (χ1) is 14.3. The number of hydrogen-bond acceptors (Lipinski definition) is 4. The Kier molecular flexibility index (Phi) is 6.42. The molecule has 0 radical (unpaired) electrons. The van der Waals surface area contributed by atoms with Crippen LogP contribution in [0.25, 0.3) is 0 Å². The van der Waals surface area contributed by atoms with Crippen LogP contribution in [0.3, 0.4) is 0 Å². The molecule has 1 amide bonds. The minimum Gasteiger partial charge on any atom is -0.497 e. The van der Waals surface area contributed by atoms with Crippen molar-refractivity contribution in [3.05, 3.63) is 90.0 Å². The van der Waals surface area contributed by atoms with Crippen LogP contribution in [0.2, 0.25) is 0 Å². The van der Waals surface area contributed by atoms with Gasteiger partial charge in [0, 0.05) is 26.2 Å². The molecule has 3 rings (SSSR count). The summed E-state index contributed by atoms with van der Waals surface area (Å²) >= 11 is 0. The van der Waals surface area contributed by atoms with Crippen LogP contribution in [-0.4, -0.2) is 40.4 Å². The van der Waals surface area contributed by atoms with Gasteiger partial charge in [-0.15, -0.1) is 0 Å². The van der Waals surface area contributed by atoms with Crippen molar-refractivity contribution in [1.82, 2.24) is 4.90 Å². The number of benzene rings is 3. The maximum atomic E-state index is 13.0. The average molecular weight is 425 g/mol. The van der Waals surface area contributed by atoms with Gasteiger partial charge in [0.2, 0.25) is 0 Å². The quantitative estimate of drug-likeness (QED) is 0.579. The van der Waals surface area contributed by atoms with Crippen molar-refractivity contribution in [1.29, 1.82) is 0 Å². The molecule has 0 aromatic heterocycles. The van der Waals surface area contributed by atoms with Crippen LogP contribution in [0.4, 0.5) is 5.69 Å². The fraction of sp³-hybridized carbons (Fsp3) is 0.174. The van der Waals surface area contributed by atoms with E-state index < -0.39 is 10.0 Å². The average Bonchev–Trinajstić information content (AvgIpc) is 2.78. The Morgan fingerprint density at radius 3 is 2.30 bits per heavy atom. The molecule has 0 bridgehead atoms. The first-order valence-corrected chi connectivity index (χ1v) is 10.8. The number of rotatable bonds is 7. The lowest BCUT2D eigenvalue weighted by Gasteiger charge is -2.21. The molecule has 0 unspecified atom stereocenters. The molecule has 0 aliphatic carbocycles. The van der Waals surface area contributed by atoms with Crippen LogP contribution in [0.15, 0.2) is 83.8 Å². The van der Waals surface area contributed by atoms with E-state index in [2.05, 4.69) is 0 Å². The molecule has 30 heavy (non-hydrogen) atoms. The van der Waals surface area contributed by atoms with E-state index in [0.29, 0.717) is 23.5 Å². The molecule has 0 saturated carbocycles. The molecule has 0 aliphatic heterocycles. The van der Waals surface area contributed by atoms with Crippen LogP contribution in [-0.2, 0) is 16.6 Å². The maximum absolute atomic E-state index is 13.0. The third kappa shape index (κ3) is 4.63. The molecular weight excluding hydrogens is 400 g/mol. The highest BCUT2D eigenvalue weighted by Crippen LogP contribution is 2.23. The van der Waals surface area contributed by atoms with E-state index in [1.807, 2.05) is 30.3 Å². The second kappa shape index (κ2) is 9.00. The molecular formula is C23H24N2O4S. The van der Waals surface area contributed by atoms with Gasteiger partial charge in [-0.1, -0.05) is 36.4 Å². The van der Waals surface area contributed by atoms with E-state index in [1.54, 1.807) is 55.5 Å². The molecule has 6 nitrogen and oxygen atoms in total. The van der Waals surface area contributed by atoms with Crippen molar-refractivity contribution in [2.24, 2.45) is 0 Å². The molecule has 3 aromatic carbocycles. The zero-order chi connectivity index (χ0) is 21.7. The number of anilines is 1. The fourth-order valence-electron chi connectivity index (χ4n) is 3.06. The van der Waals surface area contributed by atoms with Gasteiger partial charge in [0.15, 0.2) is 0 Å². The summed E-state index contributed by atoms with van der Waals surface area (Å²) in [7, 11) is 0.968. The third-order valence-corrected chi connectivity index (χ3v) is 6.54. The lowest BCUT2D eigenvalue weighted by atomic mass is 10.1. The summed E-state index contributed by atoms with van der Waals surface area (Å²) in [5, 5.41) is 0. The van der Waals surface area contributed by atoms with Gasteiger partial charge in [0.1, 0.15) is 5.75 Å². The molecule has 0 fully saturated rings. The summed E-state index contributed by atoms with van der Waals surface area (Å²) < 4.78 is 32.5. The Bertz CT molecular complexity index is 1130. The topological polar surface area (TPSA) is 66.9 Å². The van der Waals surface area contributed by atoms with Gasteiger partial charge < -0.3 is 9.64 Å². The highest BCUT2D eigenvalue weighted by Gasteiger charge is 2.23. The highest BCUT2D eigenvalue weighted by molar-refractivity contribution is 7.92. The van der Waals surface area contributed by atoms with Crippen molar-refractivity contribution in [2.45, 2.75) is 11.4 Å². The summed E-state index contributed by atoms with van der Waals surface area (Å²) in [6.07, 6.45) is 0. The molecule has 3 aromatic rings. The van der Waals surface area contributed by atoms with E-state index in [9.17, 15) is 13.2 Å². The number of sulfonamides is 1. The number of carbonyl (C=O) groups excluding carboxylic acids is 1. The predicted molar refractivity (Wildman–Crippen MR) is 117 cm³/mol. The minimum absolute atomic E-state index is 0.0643. The molecule has 0 saturated heterocycles. The zero-order valence-electron chi connectivity index (χ0n) is 17.1. The Hall–Kier alpha value is -3.32. The number of ether oxygens (including phenoxy) is 1. The lowest BCUT2D eigenvalue weighted by molar-refractivity contribution is 0.0784. The lowest BCUT2D eigenvalue weighted by Crippen LogP contribution is -2.28. The van der Waals surface area contributed by atoms with Crippen molar-refractivity contribution in [2.75, 3.05) is 25.5 Å². The number of amides is 1. The number of nitrogens with zero attached hydrogens (tertiary/aromatic N) is 2. The third-order valence-electron chi connectivity index (χ3n) is 4.76. The van der Waals surface area contributed by atoms with Gasteiger partial charge in [0.25, 0.3) is 15.9 Å². The summed E-state index contributed by atoms with van der Waals surface area (Å²) in [5.74, 6) is 0.447. The van der Waals surface area contributed by atoms with Crippen LogP contribution >= 0.6 is 0 Å². The van der Waals surface area contributed by atoms with Crippen molar-refractivity contribution < 1.29 is 17.9 Å². The van der Waals surface area contributed by atoms with Gasteiger partial charge >= 0.3 is 0 Å². The fourth-order valence-corrected chi connectivity index (χ4v) is 4.30. The van der Waals surface area contributed by atoms with Crippen molar-refractivity contribution in [3.8, 4) is 5.75 Å². The van der Waals surface area contributed by atoms with Gasteiger partial charge in [-0.3, -0.25) is 9.10 Å². The Labute approximate surface area is 177 Å². The summed E-state index contributed by atoms with van der Waals surface area (Å²) in [6.45, 7) is 0.372. The van der Waals surface area contributed by atoms with Gasteiger partial charge in [-0.2, -0.15) is 0 Å². The van der Waals surface area contributed by atoms with Gasteiger partial charge in [-0.05, 0) is 48.0 Å². The largest absolute Gasteiger partial charge is 0.497 e. The molecule has 156 valence electrons. The molecule has 0 N–H and O–H groups in total.